The Kier molecular flexibility index (Phi) is 3.13. The third kappa shape index (κ3) is 2.17. The SMILES string of the molecule is Cc1cc(Nc2ncnc3[nH]ccc23)c(=O)n2c1C(=O)N[C@]1(C)CCCN21. The van der Waals surface area contributed by atoms with E-state index in [1.807, 2.05) is 24.9 Å². The van der Waals surface area contributed by atoms with Crippen LogP contribution in [0.1, 0.15) is 35.8 Å². The Bertz CT molecular complexity index is 1150. The number of carbonyl (C=O) groups is 1. The molecule has 0 saturated carbocycles. The summed E-state index contributed by atoms with van der Waals surface area (Å²) in [4.78, 5) is 37.4. The van der Waals surface area contributed by atoms with Crippen molar-refractivity contribution in [3.05, 3.63) is 46.3 Å². The molecule has 3 N–H and O–H groups in total. The molecule has 0 spiro atoms. The number of hydrogen-bond acceptors (Lipinski definition) is 6. The summed E-state index contributed by atoms with van der Waals surface area (Å²) in [5, 5.41) is 8.93. The first kappa shape index (κ1) is 15.9. The highest BCUT2D eigenvalue weighted by Gasteiger charge is 2.45. The number of pyridine rings is 1. The van der Waals surface area contributed by atoms with Crippen LogP contribution in [-0.4, -0.2) is 37.7 Å². The van der Waals surface area contributed by atoms with Crippen molar-refractivity contribution in [3.63, 3.8) is 0 Å². The van der Waals surface area contributed by atoms with Crippen LogP contribution in [0.5, 0.6) is 0 Å². The highest BCUT2D eigenvalue weighted by molar-refractivity contribution is 5.96. The Morgan fingerprint density at radius 3 is 3.00 bits per heavy atom. The van der Waals surface area contributed by atoms with Gasteiger partial charge in [0, 0.05) is 12.7 Å². The van der Waals surface area contributed by atoms with Gasteiger partial charge in [-0.15, -0.1) is 0 Å². The van der Waals surface area contributed by atoms with Gasteiger partial charge >= 0.3 is 0 Å². The summed E-state index contributed by atoms with van der Waals surface area (Å²) in [5.41, 5.74) is 1.38. The molecule has 1 amide bonds. The van der Waals surface area contributed by atoms with Crippen LogP contribution in [0.15, 0.2) is 29.5 Å². The average Bonchev–Trinajstić information content (AvgIpc) is 3.24. The Labute approximate surface area is 154 Å². The van der Waals surface area contributed by atoms with Crippen LogP contribution in [0.3, 0.4) is 0 Å². The van der Waals surface area contributed by atoms with E-state index in [4.69, 9.17) is 0 Å². The van der Waals surface area contributed by atoms with E-state index in [1.165, 1.54) is 11.0 Å². The zero-order valence-corrected chi connectivity index (χ0v) is 15.0. The molecule has 2 aliphatic rings. The van der Waals surface area contributed by atoms with Crippen LogP contribution in [0.25, 0.3) is 11.0 Å². The molecule has 3 aromatic rings. The zero-order chi connectivity index (χ0) is 18.8. The average molecular weight is 365 g/mol. The lowest BCUT2D eigenvalue weighted by Crippen LogP contribution is -2.67. The van der Waals surface area contributed by atoms with Crippen molar-refractivity contribution in [1.82, 2.24) is 24.9 Å². The van der Waals surface area contributed by atoms with E-state index in [1.54, 1.807) is 12.3 Å². The highest BCUT2D eigenvalue weighted by Crippen LogP contribution is 2.30. The maximum atomic E-state index is 13.3. The summed E-state index contributed by atoms with van der Waals surface area (Å²) in [6.45, 7) is 4.50. The number of H-pyrrole nitrogens is 1. The first-order valence-corrected chi connectivity index (χ1v) is 8.90. The lowest BCUT2D eigenvalue weighted by Gasteiger charge is -2.43. The molecule has 2 aliphatic heterocycles. The van der Waals surface area contributed by atoms with Gasteiger partial charge in [0.15, 0.2) is 0 Å². The molecule has 1 atom stereocenters. The summed E-state index contributed by atoms with van der Waals surface area (Å²) in [6.07, 6.45) is 4.93. The molecule has 0 aliphatic carbocycles. The van der Waals surface area contributed by atoms with E-state index in [0.29, 0.717) is 29.4 Å². The molecule has 9 heteroatoms. The molecule has 27 heavy (non-hydrogen) atoms. The largest absolute Gasteiger partial charge is 0.346 e. The maximum absolute atomic E-state index is 13.3. The third-order valence-corrected chi connectivity index (χ3v) is 5.42. The maximum Gasteiger partial charge on any atom is 0.293 e. The molecular weight excluding hydrogens is 346 g/mol. The fourth-order valence-corrected chi connectivity index (χ4v) is 4.12. The summed E-state index contributed by atoms with van der Waals surface area (Å²) in [5.74, 6) is 0.328. The number of aryl methyl sites for hydroxylation is 1. The van der Waals surface area contributed by atoms with E-state index >= 15 is 0 Å². The van der Waals surface area contributed by atoms with Crippen LogP contribution < -0.4 is 21.2 Å². The van der Waals surface area contributed by atoms with E-state index < -0.39 is 5.66 Å². The van der Waals surface area contributed by atoms with Crippen molar-refractivity contribution in [2.24, 2.45) is 0 Å². The predicted octanol–water partition coefficient (Wildman–Crippen LogP) is 1.36. The molecule has 0 unspecified atom stereocenters. The normalized spacial score (nSPS) is 21.1. The summed E-state index contributed by atoms with van der Waals surface area (Å²) >= 11 is 0. The van der Waals surface area contributed by atoms with Crippen molar-refractivity contribution >= 4 is 28.4 Å². The fourth-order valence-electron chi connectivity index (χ4n) is 4.12. The first-order chi connectivity index (χ1) is 13.0. The van der Waals surface area contributed by atoms with Gasteiger partial charge in [-0.2, -0.15) is 0 Å². The lowest BCUT2D eigenvalue weighted by molar-refractivity contribution is 0.0850. The molecule has 1 fully saturated rings. The number of amides is 1. The predicted molar refractivity (Wildman–Crippen MR) is 101 cm³/mol. The number of carbonyl (C=O) groups excluding carboxylic acids is 1. The van der Waals surface area contributed by atoms with Crippen LogP contribution >= 0.6 is 0 Å². The molecule has 3 aromatic heterocycles. The van der Waals surface area contributed by atoms with Crippen LogP contribution in [0.2, 0.25) is 0 Å². The van der Waals surface area contributed by atoms with E-state index in [0.717, 1.165) is 23.8 Å². The van der Waals surface area contributed by atoms with Gasteiger partial charge in [0.1, 0.15) is 34.8 Å². The fraction of sp³-hybridized carbons (Fsp3) is 0.333. The van der Waals surface area contributed by atoms with E-state index in [2.05, 4.69) is 25.6 Å². The number of anilines is 2. The number of aromatic nitrogens is 4. The second-order valence-corrected chi connectivity index (χ2v) is 7.25. The van der Waals surface area contributed by atoms with Crippen LogP contribution in [0.4, 0.5) is 11.5 Å². The van der Waals surface area contributed by atoms with Gasteiger partial charge in [-0.3, -0.25) is 14.6 Å². The summed E-state index contributed by atoms with van der Waals surface area (Å²) < 4.78 is 1.53. The third-order valence-electron chi connectivity index (χ3n) is 5.42. The highest BCUT2D eigenvalue weighted by atomic mass is 16.2. The molecule has 9 nitrogen and oxygen atoms in total. The van der Waals surface area contributed by atoms with Crippen molar-refractivity contribution < 1.29 is 4.79 Å². The minimum absolute atomic E-state index is 0.216. The van der Waals surface area contributed by atoms with Crippen molar-refractivity contribution in [2.45, 2.75) is 32.4 Å². The monoisotopic (exact) mass is 365 g/mol. The van der Waals surface area contributed by atoms with Crippen molar-refractivity contribution in [2.75, 3.05) is 16.9 Å². The molecule has 0 bridgehead atoms. The molecule has 5 rings (SSSR count). The minimum atomic E-state index is -0.540. The Balaban J connectivity index is 1.68. The molecule has 138 valence electrons. The molecule has 5 heterocycles. The van der Waals surface area contributed by atoms with Gasteiger partial charge in [-0.05, 0) is 44.4 Å². The van der Waals surface area contributed by atoms with Crippen molar-refractivity contribution in [3.8, 4) is 0 Å². The molecule has 1 saturated heterocycles. The first-order valence-electron chi connectivity index (χ1n) is 8.90. The number of aromatic amines is 1. The molecular formula is C18H19N7O2. The van der Waals surface area contributed by atoms with Gasteiger partial charge < -0.3 is 15.6 Å². The summed E-state index contributed by atoms with van der Waals surface area (Å²) in [6, 6.07) is 3.55. The topological polar surface area (TPSA) is 108 Å². The van der Waals surface area contributed by atoms with Gasteiger partial charge in [0.2, 0.25) is 0 Å². The quantitative estimate of drug-likeness (QED) is 0.633. The Morgan fingerprint density at radius 2 is 2.15 bits per heavy atom. The molecule has 0 aromatic carbocycles. The number of nitrogens with one attached hydrogen (secondary N) is 3. The minimum Gasteiger partial charge on any atom is -0.346 e. The smallest absolute Gasteiger partial charge is 0.293 e. The van der Waals surface area contributed by atoms with Gasteiger partial charge in [0.05, 0.1) is 5.39 Å². The Hall–Kier alpha value is -3.36. The lowest BCUT2D eigenvalue weighted by atomic mass is 10.1. The van der Waals surface area contributed by atoms with Crippen LogP contribution in [-0.2, 0) is 0 Å². The van der Waals surface area contributed by atoms with E-state index in [-0.39, 0.29) is 11.5 Å². The Morgan fingerprint density at radius 1 is 1.30 bits per heavy atom. The van der Waals surface area contributed by atoms with Crippen LogP contribution in [0, 0.1) is 6.92 Å². The number of rotatable bonds is 2. The van der Waals surface area contributed by atoms with Crippen molar-refractivity contribution in [1.29, 1.82) is 0 Å². The number of hydrogen-bond donors (Lipinski definition) is 3. The second-order valence-electron chi connectivity index (χ2n) is 7.25. The number of fused-ring (bicyclic) bond motifs is 4. The molecule has 0 radical (unpaired) electrons. The van der Waals surface area contributed by atoms with Gasteiger partial charge in [-0.25, -0.2) is 14.6 Å². The zero-order valence-electron chi connectivity index (χ0n) is 15.0. The van der Waals surface area contributed by atoms with Gasteiger partial charge in [-0.1, -0.05) is 0 Å². The standard InChI is InChI=1S/C18H19N7O2/c1-10-8-12(22-15-11-4-6-19-14(11)20-9-21-15)17(27)25-13(10)16(26)23-18(2)5-3-7-24(18)25/h4,6,8-9H,3,5,7H2,1-2H3,(H,23,26)(H2,19,20,21,22)/t18-/m0/s1. The van der Waals surface area contributed by atoms with Gasteiger partial charge in [0.25, 0.3) is 11.5 Å². The number of nitrogens with zero attached hydrogens (tertiary/aromatic N) is 4. The summed E-state index contributed by atoms with van der Waals surface area (Å²) in [7, 11) is 0. The van der Waals surface area contributed by atoms with E-state index in [9.17, 15) is 9.59 Å². The second kappa shape index (κ2) is 5.32.